The van der Waals surface area contributed by atoms with E-state index in [1.165, 1.54) is 5.56 Å². The highest BCUT2D eigenvalue weighted by molar-refractivity contribution is 5.79. The Labute approximate surface area is 162 Å². The van der Waals surface area contributed by atoms with Gasteiger partial charge in [0.2, 0.25) is 0 Å². The molecule has 0 amide bonds. The van der Waals surface area contributed by atoms with Gasteiger partial charge in [0.1, 0.15) is 5.75 Å². The maximum Gasteiger partial charge on any atom is 0.153 e. The number of aromatic nitrogens is 4. The number of ether oxygens (including phenoxy) is 1. The van der Waals surface area contributed by atoms with Crippen molar-refractivity contribution in [1.29, 1.82) is 0 Å². The van der Waals surface area contributed by atoms with Crippen molar-refractivity contribution in [3.05, 3.63) is 90.4 Å². The largest absolute Gasteiger partial charge is 0.497 e. The van der Waals surface area contributed by atoms with Gasteiger partial charge < -0.3 is 4.74 Å². The fourth-order valence-corrected chi connectivity index (χ4v) is 3.40. The SMILES string of the molecule is COc1ccc(-c2ccc3ncc(Cc4ccc5ncccc5c4)n3n2)cc1. The van der Waals surface area contributed by atoms with Gasteiger partial charge in [0, 0.05) is 23.6 Å². The molecule has 0 unspecified atom stereocenters. The number of rotatable bonds is 4. The van der Waals surface area contributed by atoms with Crippen LogP contribution in [0.1, 0.15) is 11.3 Å². The van der Waals surface area contributed by atoms with Crippen LogP contribution in [0.2, 0.25) is 0 Å². The highest BCUT2D eigenvalue weighted by Crippen LogP contribution is 2.22. The first kappa shape index (κ1) is 16.4. The van der Waals surface area contributed by atoms with Crippen LogP contribution >= 0.6 is 0 Å². The van der Waals surface area contributed by atoms with Crippen LogP contribution in [0, 0.1) is 0 Å². The van der Waals surface area contributed by atoms with Gasteiger partial charge in [-0.25, -0.2) is 9.50 Å². The fraction of sp³-hybridized carbons (Fsp3) is 0.0870. The van der Waals surface area contributed by atoms with Crippen molar-refractivity contribution in [3.8, 4) is 17.0 Å². The molecule has 0 spiro atoms. The van der Waals surface area contributed by atoms with Crippen LogP contribution in [-0.4, -0.2) is 26.7 Å². The van der Waals surface area contributed by atoms with Crippen LogP contribution in [0.5, 0.6) is 5.75 Å². The van der Waals surface area contributed by atoms with Crippen molar-refractivity contribution < 1.29 is 4.74 Å². The van der Waals surface area contributed by atoms with Crippen molar-refractivity contribution in [3.63, 3.8) is 0 Å². The Morgan fingerprint density at radius 3 is 2.68 bits per heavy atom. The van der Waals surface area contributed by atoms with Crippen molar-refractivity contribution in [2.75, 3.05) is 7.11 Å². The summed E-state index contributed by atoms with van der Waals surface area (Å²) in [6, 6.07) is 22.3. The molecule has 3 heterocycles. The average molecular weight is 366 g/mol. The van der Waals surface area contributed by atoms with Gasteiger partial charge >= 0.3 is 0 Å². The number of fused-ring (bicyclic) bond motifs is 2. The average Bonchev–Trinajstić information content (AvgIpc) is 3.16. The van der Waals surface area contributed by atoms with E-state index >= 15 is 0 Å². The van der Waals surface area contributed by atoms with Gasteiger partial charge in [-0.3, -0.25) is 4.98 Å². The third-order valence-corrected chi connectivity index (χ3v) is 4.87. The zero-order chi connectivity index (χ0) is 18.9. The normalized spacial score (nSPS) is 11.2. The second kappa shape index (κ2) is 6.78. The van der Waals surface area contributed by atoms with E-state index in [1.54, 1.807) is 7.11 Å². The monoisotopic (exact) mass is 366 g/mol. The number of hydrogen-bond acceptors (Lipinski definition) is 4. The molecule has 3 aromatic heterocycles. The molecule has 0 aliphatic rings. The summed E-state index contributed by atoms with van der Waals surface area (Å²) in [4.78, 5) is 8.90. The third kappa shape index (κ3) is 2.97. The van der Waals surface area contributed by atoms with Crippen LogP contribution < -0.4 is 4.74 Å². The lowest BCUT2D eigenvalue weighted by Crippen LogP contribution is -2.00. The summed E-state index contributed by atoms with van der Waals surface area (Å²) in [5.41, 5.74) is 6.04. The molecule has 136 valence electrons. The van der Waals surface area contributed by atoms with Crippen molar-refractivity contribution in [1.82, 2.24) is 19.6 Å². The molecule has 0 N–H and O–H groups in total. The van der Waals surface area contributed by atoms with E-state index in [0.717, 1.165) is 45.7 Å². The number of pyridine rings is 1. The van der Waals surface area contributed by atoms with Crippen LogP contribution in [0.25, 0.3) is 27.8 Å². The van der Waals surface area contributed by atoms with Gasteiger partial charge in [0.25, 0.3) is 0 Å². The minimum absolute atomic E-state index is 0.755. The van der Waals surface area contributed by atoms with Crippen LogP contribution in [-0.2, 0) is 6.42 Å². The van der Waals surface area contributed by atoms with Crippen molar-refractivity contribution >= 4 is 16.6 Å². The molecular formula is C23H18N4O. The Balaban J connectivity index is 1.51. The van der Waals surface area contributed by atoms with Crippen LogP contribution in [0.4, 0.5) is 0 Å². The quantitative estimate of drug-likeness (QED) is 0.468. The van der Waals surface area contributed by atoms with Gasteiger partial charge in [0.05, 0.1) is 30.2 Å². The molecule has 2 aromatic carbocycles. The lowest BCUT2D eigenvalue weighted by molar-refractivity contribution is 0.415. The summed E-state index contributed by atoms with van der Waals surface area (Å²) < 4.78 is 7.16. The minimum Gasteiger partial charge on any atom is -0.497 e. The number of hydrogen-bond donors (Lipinski definition) is 0. The molecule has 0 atom stereocenters. The number of benzene rings is 2. The number of methoxy groups -OCH3 is 1. The first-order chi connectivity index (χ1) is 13.8. The van der Waals surface area contributed by atoms with Gasteiger partial charge in [-0.1, -0.05) is 12.1 Å². The molecule has 5 heteroatoms. The van der Waals surface area contributed by atoms with Gasteiger partial charge in [-0.15, -0.1) is 0 Å². The maximum absolute atomic E-state index is 5.24. The predicted octanol–water partition coefficient (Wildman–Crippen LogP) is 4.54. The molecule has 0 aliphatic heterocycles. The summed E-state index contributed by atoms with van der Waals surface area (Å²) in [6.07, 6.45) is 4.47. The van der Waals surface area contributed by atoms with E-state index in [4.69, 9.17) is 9.84 Å². The van der Waals surface area contributed by atoms with Gasteiger partial charge in [-0.2, -0.15) is 5.10 Å². The maximum atomic E-state index is 5.24. The minimum atomic E-state index is 0.755. The zero-order valence-electron chi connectivity index (χ0n) is 15.4. The van der Waals surface area contributed by atoms with Crippen LogP contribution in [0.15, 0.2) is 79.1 Å². The molecule has 5 aromatic rings. The van der Waals surface area contributed by atoms with E-state index in [2.05, 4.69) is 34.2 Å². The predicted molar refractivity (Wildman–Crippen MR) is 110 cm³/mol. The van der Waals surface area contributed by atoms with E-state index in [9.17, 15) is 0 Å². The summed E-state index contributed by atoms with van der Waals surface area (Å²) in [6.45, 7) is 0. The van der Waals surface area contributed by atoms with E-state index in [-0.39, 0.29) is 0 Å². The van der Waals surface area contributed by atoms with E-state index in [1.807, 2.05) is 59.4 Å². The highest BCUT2D eigenvalue weighted by Gasteiger charge is 2.09. The lowest BCUT2D eigenvalue weighted by atomic mass is 10.1. The molecule has 0 radical (unpaired) electrons. The first-order valence-corrected chi connectivity index (χ1v) is 9.12. The van der Waals surface area contributed by atoms with E-state index in [0.29, 0.717) is 0 Å². The Hall–Kier alpha value is -3.73. The van der Waals surface area contributed by atoms with Crippen molar-refractivity contribution in [2.24, 2.45) is 0 Å². The molecule has 0 bridgehead atoms. The molecule has 0 fully saturated rings. The summed E-state index contributed by atoms with van der Waals surface area (Å²) in [5.74, 6) is 0.832. The topological polar surface area (TPSA) is 52.3 Å². The molecule has 28 heavy (non-hydrogen) atoms. The highest BCUT2D eigenvalue weighted by atomic mass is 16.5. The second-order valence-electron chi connectivity index (χ2n) is 6.67. The lowest BCUT2D eigenvalue weighted by Gasteiger charge is -2.06. The van der Waals surface area contributed by atoms with Crippen LogP contribution in [0.3, 0.4) is 0 Å². The van der Waals surface area contributed by atoms with Gasteiger partial charge in [0.15, 0.2) is 5.65 Å². The Kier molecular flexibility index (Phi) is 3.98. The summed E-state index contributed by atoms with van der Waals surface area (Å²) >= 11 is 0. The molecule has 5 nitrogen and oxygen atoms in total. The second-order valence-corrected chi connectivity index (χ2v) is 6.67. The smallest absolute Gasteiger partial charge is 0.153 e. The summed E-state index contributed by atoms with van der Waals surface area (Å²) in [7, 11) is 1.67. The van der Waals surface area contributed by atoms with Gasteiger partial charge in [-0.05, 0) is 60.2 Å². The number of imidazole rings is 1. The first-order valence-electron chi connectivity index (χ1n) is 9.12. The Morgan fingerprint density at radius 2 is 1.82 bits per heavy atom. The Morgan fingerprint density at radius 1 is 0.929 bits per heavy atom. The molecular weight excluding hydrogens is 348 g/mol. The fourth-order valence-electron chi connectivity index (χ4n) is 3.40. The molecule has 0 aliphatic carbocycles. The summed E-state index contributed by atoms with van der Waals surface area (Å²) in [5, 5.41) is 5.96. The Bertz CT molecular complexity index is 1280. The van der Waals surface area contributed by atoms with Crippen molar-refractivity contribution in [2.45, 2.75) is 6.42 Å². The molecule has 0 saturated heterocycles. The third-order valence-electron chi connectivity index (χ3n) is 4.87. The standard InChI is InChI=1S/C23H18N4O/c1-28-20-7-5-17(6-8-20)22-10-11-23-25-15-19(27(23)26-22)14-16-4-9-21-18(13-16)3-2-12-24-21/h2-13,15H,14H2,1H3. The zero-order valence-corrected chi connectivity index (χ0v) is 15.4. The molecule has 0 saturated carbocycles. The van der Waals surface area contributed by atoms with E-state index < -0.39 is 0 Å². The molecule has 5 rings (SSSR count). The number of nitrogens with zero attached hydrogens (tertiary/aromatic N) is 4.